The minimum atomic E-state index is -1.20. The predicted molar refractivity (Wildman–Crippen MR) is 73.3 cm³/mol. The third kappa shape index (κ3) is 4.69. The molecule has 0 bridgehead atoms. The zero-order valence-corrected chi connectivity index (χ0v) is 12.3. The second-order valence-corrected chi connectivity index (χ2v) is 5.88. The molecule has 1 aliphatic rings. The van der Waals surface area contributed by atoms with E-state index >= 15 is 0 Å². The molecular weight excluding hydrogens is 291 g/mol. The molecule has 0 heterocycles. The van der Waals surface area contributed by atoms with Crippen LogP contribution >= 0.6 is 23.2 Å². The van der Waals surface area contributed by atoms with Gasteiger partial charge in [-0.15, -0.1) is 11.6 Å². The highest BCUT2D eigenvalue weighted by atomic mass is 35.5. The third-order valence-electron chi connectivity index (χ3n) is 3.22. The highest BCUT2D eigenvalue weighted by Gasteiger charge is 2.46. The lowest BCUT2D eigenvalue weighted by Crippen LogP contribution is -2.44. The summed E-state index contributed by atoms with van der Waals surface area (Å²) >= 11 is 12.7. The zero-order valence-electron chi connectivity index (χ0n) is 10.8. The molecule has 4 nitrogen and oxygen atoms in total. The van der Waals surface area contributed by atoms with Crippen LogP contribution in [0.5, 0.6) is 0 Å². The van der Waals surface area contributed by atoms with Gasteiger partial charge in [0.15, 0.2) is 5.06 Å². The van der Waals surface area contributed by atoms with E-state index < -0.39 is 17.0 Å². The summed E-state index contributed by atoms with van der Waals surface area (Å²) in [5.41, 5.74) is 0. The summed E-state index contributed by atoms with van der Waals surface area (Å²) in [6.45, 7) is 2.02. The molecule has 3 unspecified atom stereocenters. The van der Waals surface area contributed by atoms with Crippen LogP contribution in [0.25, 0.3) is 0 Å². The van der Waals surface area contributed by atoms with E-state index in [2.05, 4.69) is 0 Å². The number of esters is 1. The molecule has 1 N–H and O–H groups in total. The first-order chi connectivity index (χ1) is 8.89. The maximum Gasteiger partial charge on any atom is 0.332 e. The fraction of sp³-hybridized carbons (Fsp3) is 0.692. The molecule has 6 heteroatoms. The van der Waals surface area contributed by atoms with Crippen molar-refractivity contribution in [1.82, 2.24) is 0 Å². The van der Waals surface area contributed by atoms with Gasteiger partial charge >= 0.3 is 11.9 Å². The van der Waals surface area contributed by atoms with Crippen LogP contribution in [0.2, 0.25) is 0 Å². The summed E-state index contributed by atoms with van der Waals surface area (Å²) in [4.78, 5) is 21.9. The summed E-state index contributed by atoms with van der Waals surface area (Å²) in [6.07, 6.45) is 5.44. The lowest BCUT2D eigenvalue weighted by atomic mass is 9.82. The van der Waals surface area contributed by atoms with Gasteiger partial charge in [0.05, 0.1) is 0 Å². The van der Waals surface area contributed by atoms with E-state index in [1.807, 2.05) is 6.92 Å². The maximum absolute atomic E-state index is 11.6. The minimum Gasteiger partial charge on any atom is -0.478 e. The van der Waals surface area contributed by atoms with E-state index in [1.54, 1.807) is 0 Å². The van der Waals surface area contributed by atoms with Crippen molar-refractivity contribution in [3.05, 3.63) is 12.2 Å². The zero-order chi connectivity index (χ0) is 14.5. The quantitative estimate of drug-likeness (QED) is 0.481. The molecule has 0 aliphatic heterocycles. The van der Waals surface area contributed by atoms with E-state index in [0.29, 0.717) is 6.42 Å². The fourth-order valence-electron chi connectivity index (χ4n) is 2.37. The minimum absolute atomic E-state index is 0.114. The van der Waals surface area contributed by atoms with Gasteiger partial charge in [0.25, 0.3) is 0 Å². The number of aliphatic carboxylic acids is 1. The van der Waals surface area contributed by atoms with Gasteiger partial charge in [0.1, 0.15) is 0 Å². The van der Waals surface area contributed by atoms with E-state index in [4.69, 9.17) is 33.0 Å². The van der Waals surface area contributed by atoms with Crippen LogP contribution < -0.4 is 0 Å². The molecule has 0 saturated heterocycles. The van der Waals surface area contributed by atoms with Crippen molar-refractivity contribution >= 4 is 35.1 Å². The number of alkyl halides is 2. The van der Waals surface area contributed by atoms with Crippen LogP contribution in [0.1, 0.15) is 39.0 Å². The molecule has 0 aromatic rings. The second kappa shape index (κ2) is 7.15. The predicted octanol–water partition coefficient (Wildman–Crippen LogP) is 3.31. The summed E-state index contributed by atoms with van der Waals surface area (Å²) in [7, 11) is 0. The first kappa shape index (κ1) is 16.3. The molecular formula is C13H18Cl2O4. The Morgan fingerprint density at radius 3 is 2.74 bits per heavy atom. The van der Waals surface area contributed by atoms with Crippen LogP contribution in [-0.4, -0.2) is 27.5 Å². The molecule has 1 aliphatic carbocycles. The number of carbonyl (C=O) groups excluding carboxylic acids is 1. The third-order valence-corrected chi connectivity index (χ3v) is 4.29. The molecule has 3 atom stereocenters. The van der Waals surface area contributed by atoms with Gasteiger partial charge in [-0.05, 0) is 19.3 Å². The Morgan fingerprint density at radius 1 is 1.47 bits per heavy atom. The number of hydrogen-bond donors (Lipinski definition) is 1. The largest absolute Gasteiger partial charge is 0.478 e. The Hall–Kier alpha value is -0.740. The Morgan fingerprint density at radius 2 is 2.16 bits per heavy atom. The Balaban J connectivity index is 2.75. The van der Waals surface area contributed by atoms with Gasteiger partial charge in [0.2, 0.25) is 0 Å². The first-order valence-electron chi connectivity index (χ1n) is 6.36. The van der Waals surface area contributed by atoms with Crippen molar-refractivity contribution < 1.29 is 19.4 Å². The van der Waals surface area contributed by atoms with Gasteiger partial charge in [-0.2, -0.15) is 0 Å². The van der Waals surface area contributed by atoms with Crippen LogP contribution in [0, 0.1) is 5.92 Å². The number of ether oxygens (including phenoxy) is 1. The molecule has 0 amide bonds. The molecule has 1 saturated carbocycles. The number of carboxylic acid groups (broad SMARTS) is 1. The van der Waals surface area contributed by atoms with Crippen molar-refractivity contribution in [3.63, 3.8) is 0 Å². The lowest BCUT2D eigenvalue weighted by molar-refractivity contribution is -0.152. The first-order valence-corrected chi connectivity index (χ1v) is 7.17. The summed E-state index contributed by atoms with van der Waals surface area (Å²) in [5, 5.41) is 7.21. The molecule has 1 fully saturated rings. The average molecular weight is 309 g/mol. The molecule has 19 heavy (non-hydrogen) atoms. The highest BCUT2D eigenvalue weighted by molar-refractivity contribution is 6.26. The lowest BCUT2D eigenvalue weighted by Gasteiger charge is -2.41. The Labute approximate surface area is 122 Å². The topological polar surface area (TPSA) is 63.6 Å². The van der Waals surface area contributed by atoms with Crippen molar-refractivity contribution in [2.45, 2.75) is 49.5 Å². The second-order valence-electron chi connectivity index (χ2n) is 4.68. The Bertz CT molecular complexity index is 370. The molecule has 0 radical (unpaired) electrons. The monoisotopic (exact) mass is 308 g/mol. The van der Waals surface area contributed by atoms with Crippen LogP contribution in [0.3, 0.4) is 0 Å². The van der Waals surface area contributed by atoms with Crippen molar-refractivity contribution in [1.29, 1.82) is 0 Å². The van der Waals surface area contributed by atoms with Crippen molar-refractivity contribution in [2.75, 3.05) is 0 Å². The fourth-order valence-corrected chi connectivity index (χ4v) is 3.39. The van der Waals surface area contributed by atoms with Crippen LogP contribution in [-0.2, 0) is 14.3 Å². The van der Waals surface area contributed by atoms with Gasteiger partial charge in [-0.1, -0.05) is 24.9 Å². The Kier molecular flexibility index (Phi) is 6.14. The summed E-state index contributed by atoms with van der Waals surface area (Å²) in [6, 6.07) is 0. The van der Waals surface area contributed by atoms with Crippen LogP contribution in [0.15, 0.2) is 12.2 Å². The van der Waals surface area contributed by atoms with Crippen LogP contribution in [0.4, 0.5) is 0 Å². The number of halogens is 2. The highest BCUT2D eigenvalue weighted by Crippen LogP contribution is 2.44. The molecule has 1 rings (SSSR count). The standard InChI is InChI=1S/C13H18Cl2O4/c1-2-4-9-10(14)5-3-8-13(9,15)19-12(18)7-6-11(16)17/h6-7,9-10H,2-5,8H2,1H3,(H,16,17). The van der Waals surface area contributed by atoms with Gasteiger partial charge in [-0.3, -0.25) is 0 Å². The molecule has 0 spiro atoms. The van der Waals surface area contributed by atoms with E-state index in [-0.39, 0.29) is 11.3 Å². The van der Waals surface area contributed by atoms with E-state index in [9.17, 15) is 9.59 Å². The average Bonchev–Trinajstić information content (AvgIpc) is 2.31. The van der Waals surface area contributed by atoms with Crippen molar-refractivity contribution in [3.8, 4) is 0 Å². The van der Waals surface area contributed by atoms with Gasteiger partial charge < -0.3 is 9.84 Å². The molecule has 0 aromatic carbocycles. The van der Waals surface area contributed by atoms with Gasteiger partial charge in [-0.25, -0.2) is 9.59 Å². The maximum atomic E-state index is 11.6. The summed E-state index contributed by atoms with van der Waals surface area (Å²) in [5.74, 6) is -2.06. The molecule has 0 aromatic heterocycles. The number of carboxylic acids is 1. The smallest absolute Gasteiger partial charge is 0.332 e. The van der Waals surface area contributed by atoms with Gasteiger partial charge in [0, 0.05) is 29.9 Å². The SMILES string of the molecule is CCCC1C(Cl)CCCC1(Cl)OC(=O)C=CC(=O)O. The number of carbonyl (C=O) groups is 2. The number of hydrogen-bond acceptors (Lipinski definition) is 3. The molecule has 108 valence electrons. The number of rotatable bonds is 5. The summed E-state index contributed by atoms with van der Waals surface area (Å²) < 4.78 is 5.26. The van der Waals surface area contributed by atoms with E-state index in [0.717, 1.165) is 37.8 Å². The normalized spacial score (nSPS) is 31.3. The van der Waals surface area contributed by atoms with E-state index in [1.165, 1.54) is 0 Å². The van der Waals surface area contributed by atoms with Crippen molar-refractivity contribution in [2.24, 2.45) is 5.92 Å².